The third-order valence-corrected chi connectivity index (χ3v) is 5.72. The van der Waals surface area contributed by atoms with E-state index in [0.717, 1.165) is 0 Å². The molecule has 2 rings (SSSR count). The predicted octanol–water partition coefficient (Wildman–Crippen LogP) is 1.97. The van der Waals surface area contributed by atoms with Gasteiger partial charge in [0.1, 0.15) is 0 Å². The number of hydrogen-bond donors (Lipinski definition) is 0. The van der Waals surface area contributed by atoms with Gasteiger partial charge in [0.2, 0.25) is 0 Å². The summed E-state index contributed by atoms with van der Waals surface area (Å²) < 4.78 is 27.8. The molecule has 0 saturated carbocycles. The van der Waals surface area contributed by atoms with E-state index in [-0.39, 0.29) is 29.7 Å². The van der Waals surface area contributed by atoms with E-state index < -0.39 is 10.0 Å². The molecular formula is C10H11ClN4O2S2. The highest BCUT2D eigenvalue weighted by atomic mass is 35.5. The lowest BCUT2D eigenvalue weighted by atomic mass is 10.5. The van der Waals surface area contributed by atoms with Crippen LogP contribution in [0.3, 0.4) is 0 Å². The van der Waals surface area contributed by atoms with E-state index in [4.69, 9.17) is 16.9 Å². The van der Waals surface area contributed by atoms with Gasteiger partial charge in [-0.2, -0.15) is 9.57 Å². The molecule has 0 atom stereocenters. The minimum Gasteiger partial charge on any atom is -0.279 e. The molecule has 0 N–H and O–H groups in total. The number of rotatable bonds is 5. The topological polar surface area (TPSA) is 78.5 Å². The predicted molar refractivity (Wildman–Crippen MR) is 72.7 cm³/mol. The standard InChI is InChI=1S/C10H11ClN4O2S2/c1-2-14(5-3-4-12)19(16,17)9-8(11)13-10-15(9)6-7-18-10/h6-7H,2-3,5H2,1H3. The molecule has 0 radical (unpaired) electrons. The molecule has 0 aromatic carbocycles. The van der Waals surface area contributed by atoms with Crippen LogP contribution in [0, 0.1) is 11.3 Å². The third kappa shape index (κ3) is 2.47. The Labute approximate surface area is 119 Å². The Kier molecular flexibility index (Phi) is 4.10. The molecule has 0 aliphatic carbocycles. The summed E-state index contributed by atoms with van der Waals surface area (Å²) in [6.45, 7) is 2.13. The third-order valence-electron chi connectivity index (χ3n) is 2.59. The van der Waals surface area contributed by atoms with Crippen molar-refractivity contribution in [1.29, 1.82) is 5.26 Å². The highest BCUT2D eigenvalue weighted by Gasteiger charge is 2.30. The summed E-state index contributed by atoms with van der Waals surface area (Å²) in [5.41, 5.74) is 0. The van der Waals surface area contributed by atoms with E-state index in [1.807, 2.05) is 6.07 Å². The minimum atomic E-state index is -3.75. The van der Waals surface area contributed by atoms with Gasteiger partial charge in [0.05, 0.1) is 6.07 Å². The quantitative estimate of drug-likeness (QED) is 0.844. The van der Waals surface area contributed by atoms with Gasteiger partial charge in [0, 0.05) is 31.1 Å². The summed E-state index contributed by atoms with van der Waals surface area (Å²) in [4.78, 5) is 4.54. The highest BCUT2D eigenvalue weighted by Crippen LogP contribution is 2.27. The van der Waals surface area contributed by atoms with Gasteiger partial charge in [-0.1, -0.05) is 18.5 Å². The van der Waals surface area contributed by atoms with Crippen molar-refractivity contribution in [2.24, 2.45) is 0 Å². The molecule has 19 heavy (non-hydrogen) atoms. The van der Waals surface area contributed by atoms with Crippen LogP contribution in [-0.4, -0.2) is 35.2 Å². The number of thiazole rings is 1. The maximum absolute atomic E-state index is 12.5. The Bertz CT molecular complexity index is 728. The Morgan fingerprint density at radius 2 is 2.37 bits per heavy atom. The number of imidazole rings is 1. The van der Waals surface area contributed by atoms with Gasteiger partial charge in [0.25, 0.3) is 10.0 Å². The van der Waals surface area contributed by atoms with E-state index in [2.05, 4.69) is 4.98 Å². The van der Waals surface area contributed by atoms with Crippen molar-refractivity contribution in [1.82, 2.24) is 13.7 Å². The number of halogens is 1. The first-order valence-corrected chi connectivity index (χ1v) is 8.20. The van der Waals surface area contributed by atoms with Crippen LogP contribution in [0.2, 0.25) is 5.15 Å². The van der Waals surface area contributed by atoms with Crippen molar-refractivity contribution in [3.8, 4) is 6.07 Å². The summed E-state index contributed by atoms with van der Waals surface area (Å²) in [6, 6.07) is 1.94. The molecule has 0 amide bonds. The monoisotopic (exact) mass is 318 g/mol. The molecule has 6 nitrogen and oxygen atoms in total. The molecule has 0 spiro atoms. The van der Waals surface area contributed by atoms with Gasteiger partial charge >= 0.3 is 0 Å². The number of nitriles is 1. The summed E-state index contributed by atoms with van der Waals surface area (Å²) >= 11 is 7.24. The zero-order valence-corrected chi connectivity index (χ0v) is 12.5. The molecule has 102 valence electrons. The van der Waals surface area contributed by atoms with Gasteiger partial charge in [0.15, 0.2) is 15.1 Å². The highest BCUT2D eigenvalue weighted by molar-refractivity contribution is 7.89. The van der Waals surface area contributed by atoms with Gasteiger partial charge in [-0.25, -0.2) is 13.4 Å². The smallest absolute Gasteiger partial charge is 0.262 e. The van der Waals surface area contributed by atoms with Gasteiger partial charge in [-0.05, 0) is 0 Å². The van der Waals surface area contributed by atoms with E-state index in [0.29, 0.717) is 4.96 Å². The van der Waals surface area contributed by atoms with Crippen molar-refractivity contribution >= 4 is 37.9 Å². The zero-order valence-electron chi connectivity index (χ0n) is 10.1. The van der Waals surface area contributed by atoms with Crippen LogP contribution >= 0.6 is 22.9 Å². The van der Waals surface area contributed by atoms with Crippen LogP contribution in [0.4, 0.5) is 0 Å². The second-order valence-electron chi connectivity index (χ2n) is 3.67. The Morgan fingerprint density at radius 1 is 1.63 bits per heavy atom. The van der Waals surface area contributed by atoms with Crippen molar-refractivity contribution < 1.29 is 8.42 Å². The largest absolute Gasteiger partial charge is 0.279 e. The zero-order chi connectivity index (χ0) is 14.0. The number of fused-ring (bicyclic) bond motifs is 1. The fourth-order valence-corrected chi connectivity index (χ4v) is 4.57. The first kappa shape index (κ1) is 14.3. The molecule has 0 bridgehead atoms. The fraction of sp³-hybridized carbons (Fsp3) is 0.400. The van der Waals surface area contributed by atoms with E-state index >= 15 is 0 Å². The maximum atomic E-state index is 12.5. The molecular weight excluding hydrogens is 308 g/mol. The molecule has 9 heteroatoms. The van der Waals surface area contributed by atoms with Crippen LogP contribution in [0.1, 0.15) is 13.3 Å². The summed E-state index contributed by atoms with van der Waals surface area (Å²) in [5.74, 6) is 0. The van der Waals surface area contributed by atoms with E-state index in [1.54, 1.807) is 18.5 Å². The van der Waals surface area contributed by atoms with Gasteiger partial charge in [-0.3, -0.25) is 4.40 Å². The molecule has 0 fully saturated rings. The lowest BCUT2D eigenvalue weighted by molar-refractivity contribution is 0.432. The normalized spacial score (nSPS) is 12.1. The number of hydrogen-bond acceptors (Lipinski definition) is 5. The van der Waals surface area contributed by atoms with Crippen LogP contribution in [0.5, 0.6) is 0 Å². The average Bonchev–Trinajstić information content (AvgIpc) is 2.88. The van der Waals surface area contributed by atoms with Crippen LogP contribution in [0.25, 0.3) is 4.96 Å². The molecule has 0 aliphatic rings. The first-order chi connectivity index (χ1) is 9.02. The van der Waals surface area contributed by atoms with E-state index in [1.165, 1.54) is 20.0 Å². The molecule has 0 saturated heterocycles. The summed E-state index contributed by atoms with van der Waals surface area (Å²) in [5, 5.41) is 10.2. The Hall–Kier alpha value is -1.14. The second-order valence-corrected chi connectivity index (χ2v) is 6.75. The van der Waals surface area contributed by atoms with Crippen LogP contribution in [0.15, 0.2) is 16.6 Å². The van der Waals surface area contributed by atoms with Crippen molar-refractivity contribution in [3.05, 3.63) is 16.7 Å². The minimum absolute atomic E-state index is 0.0368. The Balaban J connectivity index is 2.51. The number of sulfonamides is 1. The molecule has 2 aromatic heterocycles. The fourth-order valence-electron chi connectivity index (χ4n) is 1.71. The molecule has 2 aromatic rings. The molecule has 0 aliphatic heterocycles. The first-order valence-electron chi connectivity index (χ1n) is 5.50. The Morgan fingerprint density at radius 3 is 3.00 bits per heavy atom. The van der Waals surface area contributed by atoms with Gasteiger partial charge in [-0.15, -0.1) is 11.3 Å². The maximum Gasteiger partial charge on any atom is 0.262 e. The molecule has 0 unspecified atom stereocenters. The lowest BCUT2D eigenvalue weighted by Gasteiger charge is -2.18. The SMILES string of the molecule is CCN(CCC#N)S(=O)(=O)c1c(Cl)nc2sccn12. The van der Waals surface area contributed by atoms with Crippen molar-refractivity contribution in [2.45, 2.75) is 18.4 Å². The molecule has 2 heterocycles. The van der Waals surface area contributed by atoms with Crippen LogP contribution in [-0.2, 0) is 10.0 Å². The van der Waals surface area contributed by atoms with E-state index in [9.17, 15) is 8.42 Å². The number of aromatic nitrogens is 2. The van der Waals surface area contributed by atoms with Gasteiger partial charge < -0.3 is 0 Å². The summed E-state index contributed by atoms with van der Waals surface area (Å²) in [6.07, 6.45) is 1.75. The lowest BCUT2D eigenvalue weighted by Crippen LogP contribution is -2.32. The van der Waals surface area contributed by atoms with Crippen molar-refractivity contribution in [3.63, 3.8) is 0 Å². The van der Waals surface area contributed by atoms with Crippen LogP contribution < -0.4 is 0 Å². The average molecular weight is 319 g/mol. The number of nitrogens with zero attached hydrogens (tertiary/aromatic N) is 4. The van der Waals surface area contributed by atoms with Crippen molar-refractivity contribution in [2.75, 3.05) is 13.1 Å². The second kappa shape index (κ2) is 5.46. The summed E-state index contributed by atoms with van der Waals surface area (Å²) in [7, 11) is -3.75.